The molecule has 2 aromatic carbocycles. The van der Waals surface area contributed by atoms with Crippen molar-refractivity contribution in [3.63, 3.8) is 0 Å². The van der Waals surface area contributed by atoms with Gasteiger partial charge in [0.2, 0.25) is 0 Å². The minimum Gasteiger partial charge on any atom is -0.478 e. The van der Waals surface area contributed by atoms with Crippen LogP contribution in [0.2, 0.25) is 5.02 Å². The molecule has 0 radical (unpaired) electrons. The molecule has 2 N–H and O–H groups in total. The van der Waals surface area contributed by atoms with Gasteiger partial charge in [-0.15, -0.1) is 0 Å². The van der Waals surface area contributed by atoms with Gasteiger partial charge in [0.25, 0.3) is 10.0 Å². The average Bonchev–Trinajstić information content (AvgIpc) is 2.61. The number of piperidine rings is 1. The number of rotatable bonds is 5. The van der Waals surface area contributed by atoms with Gasteiger partial charge in [-0.25, -0.2) is 13.2 Å². The summed E-state index contributed by atoms with van der Waals surface area (Å²) in [6, 6.07) is 10.6. The lowest BCUT2D eigenvalue weighted by molar-refractivity contribution is 0.0697. The van der Waals surface area contributed by atoms with Gasteiger partial charge in [0.05, 0.1) is 22.0 Å². The average molecular weight is 409 g/mol. The first kappa shape index (κ1) is 19.5. The summed E-state index contributed by atoms with van der Waals surface area (Å²) in [5.74, 6) is -0.641. The van der Waals surface area contributed by atoms with E-state index in [9.17, 15) is 18.3 Å². The second kappa shape index (κ2) is 7.78. The zero-order valence-corrected chi connectivity index (χ0v) is 16.4. The molecule has 0 aromatic heterocycles. The van der Waals surface area contributed by atoms with Gasteiger partial charge in [0.1, 0.15) is 4.90 Å². The van der Waals surface area contributed by atoms with Crippen molar-refractivity contribution in [3.05, 3.63) is 53.1 Å². The molecule has 0 unspecified atom stereocenters. The highest BCUT2D eigenvalue weighted by Gasteiger charge is 2.24. The Hall–Kier alpha value is -2.25. The zero-order chi connectivity index (χ0) is 19.6. The molecule has 1 fully saturated rings. The van der Waals surface area contributed by atoms with Crippen LogP contribution in [0.15, 0.2) is 47.4 Å². The summed E-state index contributed by atoms with van der Waals surface area (Å²) < 4.78 is 28.2. The summed E-state index contributed by atoms with van der Waals surface area (Å²) in [5.41, 5.74) is 0.923. The standard InChI is InChI=1S/C19H21ClN2O4S/c1-13-5-4-10-22(12-13)17-9-8-14(19(23)24)11-16(17)21-27(25,26)18-7-3-2-6-15(18)20/h2-3,6-9,11,13,21H,4-5,10,12H2,1H3,(H,23,24)/t13-/m1/s1. The minimum absolute atomic E-state index is 0.0145. The molecule has 0 spiro atoms. The number of hydrogen-bond acceptors (Lipinski definition) is 4. The highest BCUT2D eigenvalue weighted by Crippen LogP contribution is 2.33. The molecule has 1 atom stereocenters. The predicted molar refractivity (Wildman–Crippen MR) is 106 cm³/mol. The van der Waals surface area contributed by atoms with Gasteiger partial charge >= 0.3 is 5.97 Å². The van der Waals surface area contributed by atoms with Gasteiger partial charge in [-0.2, -0.15) is 0 Å². The van der Waals surface area contributed by atoms with Crippen LogP contribution >= 0.6 is 11.6 Å². The Morgan fingerprint density at radius 3 is 2.67 bits per heavy atom. The van der Waals surface area contributed by atoms with Crippen molar-refractivity contribution in [2.24, 2.45) is 5.92 Å². The molecule has 1 aliphatic heterocycles. The second-order valence-electron chi connectivity index (χ2n) is 6.77. The van der Waals surface area contributed by atoms with Gasteiger partial charge in [-0.3, -0.25) is 4.72 Å². The van der Waals surface area contributed by atoms with Crippen LogP contribution in [0.5, 0.6) is 0 Å². The van der Waals surface area contributed by atoms with Crippen molar-refractivity contribution >= 4 is 39.0 Å². The Balaban J connectivity index is 2.03. The summed E-state index contributed by atoms with van der Waals surface area (Å²) in [5, 5.41) is 9.40. The molecule has 0 saturated carbocycles. The molecule has 2 aromatic rings. The Bertz CT molecular complexity index is 962. The smallest absolute Gasteiger partial charge is 0.335 e. The first-order chi connectivity index (χ1) is 12.8. The lowest BCUT2D eigenvalue weighted by atomic mass is 9.99. The lowest BCUT2D eigenvalue weighted by Gasteiger charge is -2.34. The largest absolute Gasteiger partial charge is 0.478 e. The lowest BCUT2D eigenvalue weighted by Crippen LogP contribution is -2.35. The molecule has 1 heterocycles. The molecule has 27 heavy (non-hydrogen) atoms. The number of carboxylic acid groups (broad SMARTS) is 1. The van der Waals surface area contributed by atoms with Crippen molar-refractivity contribution in [1.82, 2.24) is 0 Å². The van der Waals surface area contributed by atoms with E-state index >= 15 is 0 Å². The molecule has 6 nitrogen and oxygen atoms in total. The molecule has 0 amide bonds. The van der Waals surface area contributed by atoms with Gasteiger partial charge in [-0.05, 0) is 49.1 Å². The SMILES string of the molecule is C[C@@H]1CCCN(c2ccc(C(=O)O)cc2NS(=O)(=O)c2ccccc2Cl)C1. The fourth-order valence-electron chi connectivity index (χ4n) is 3.30. The topological polar surface area (TPSA) is 86.7 Å². The summed E-state index contributed by atoms with van der Waals surface area (Å²) in [7, 11) is -3.96. The van der Waals surface area contributed by atoms with Crippen LogP contribution in [-0.2, 0) is 10.0 Å². The highest BCUT2D eigenvalue weighted by molar-refractivity contribution is 7.92. The van der Waals surface area contributed by atoms with Crippen LogP contribution in [0.3, 0.4) is 0 Å². The van der Waals surface area contributed by atoms with Crippen molar-refractivity contribution < 1.29 is 18.3 Å². The van der Waals surface area contributed by atoms with Crippen LogP contribution in [0, 0.1) is 5.92 Å². The third-order valence-electron chi connectivity index (χ3n) is 4.61. The maximum Gasteiger partial charge on any atom is 0.335 e. The molecular formula is C19H21ClN2O4S. The van der Waals surface area contributed by atoms with Crippen molar-refractivity contribution in [3.8, 4) is 0 Å². The van der Waals surface area contributed by atoms with Gasteiger partial charge in [0.15, 0.2) is 0 Å². The molecule has 1 saturated heterocycles. The Kier molecular flexibility index (Phi) is 5.62. The molecular weight excluding hydrogens is 388 g/mol. The summed E-state index contributed by atoms with van der Waals surface area (Å²) >= 11 is 6.04. The quantitative estimate of drug-likeness (QED) is 0.778. The van der Waals surface area contributed by atoms with Crippen LogP contribution in [-0.4, -0.2) is 32.6 Å². The predicted octanol–water partition coefficient (Wildman–Crippen LogP) is 4.08. The number of carbonyl (C=O) groups is 1. The van der Waals surface area contributed by atoms with E-state index in [-0.39, 0.29) is 21.2 Å². The zero-order valence-electron chi connectivity index (χ0n) is 14.9. The maximum atomic E-state index is 12.8. The van der Waals surface area contributed by atoms with E-state index in [1.807, 2.05) is 0 Å². The van der Waals surface area contributed by atoms with Gasteiger partial charge in [0, 0.05) is 13.1 Å². The Labute approximate surface area is 163 Å². The number of benzene rings is 2. The number of aromatic carboxylic acids is 1. The number of carboxylic acids is 1. The van der Waals surface area contributed by atoms with E-state index < -0.39 is 16.0 Å². The normalized spacial score (nSPS) is 17.6. The third-order valence-corrected chi connectivity index (χ3v) is 6.48. The van der Waals surface area contributed by atoms with E-state index in [4.69, 9.17) is 11.6 Å². The van der Waals surface area contributed by atoms with E-state index in [1.54, 1.807) is 18.2 Å². The molecule has 1 aliphatic rings. The Morgan fingerprint density at radius 2 is 2.00 bits per heavy atom. The second-order valence-corrected chi connectivity index (χ2v) is 8.82. The monoisotopic (exact) mass is 408 g/mol. The van der Waals surface area contributed by atoms with Crippen LogP contribution in [0.1, 0.15) is 30.1 Å². The van der Waals surface area contributed by atoms with Gasteiger partial charge in [-0.1, -0.05) is 30.7 Å². The fraction of sp³-hybridized carbons (Fsp3) is 0.316. The summed E-state index contributed by atoms with van der Waals surface area (Å²) in [4.78, 5) is 13.4. The van der Waals surface area contributed by atoms with Gasteiger partial charge < -0.3 is 10.0 Å². The van der Waals surface area contributed by atoms with E-state index in [0.29, 0.717) is 11.6 Å². The molecule has 0 aliphatic carbocycles. The minimum atomic E-state index is -3.96. The van der Waals surface area contributed by atoms with Crippen molar-refractivity contribution in [2.75, 3.05) is 22.7 Å². The number of nitrogens with one attached hydrogen (secondary N) is 1. The third kappa shape index (κ3) is 4.36. The van der Waals surface area contributed by atoms with E-state index in [0.717, 1.165) is 25.9 Å². The van der Waals surface area contributed by atoms with Crippen molar-refractivity contribution in [2.45, 2.75) is 24.7 Å². The van der Waals surface area contributed by atoms with E-state index in [2.05, 4.69) is 16.5 Å². The van der Waals surface area contributed by atoms with Crippen molar-refractivity contribution in [1.29, 1.82) is 0 Å². The number of anilines is 2. The van der Waals surface area contributed by atoms with Crippen LogP contribution in [0.4, 0.5) is 11.4 Å². The maximum absolute atomic E-state index is 12.8. The number of hydrogen-bond donors (Lipinski definition) is 2. The first-order valence-corrected chi connectivity index (χ1v) is 10.5. The molecule has 3 rings (SSSR count). The number of halogens is 1. The number of sulfonamides is 1. The summed E-state index contributed by atoms with van der Waals surface area (Å²) in [6.07, 6.45) is 2.11. The molecule has 8 heteroatoms. The number of nitrogens with zero attached hydrogens (tertiary/aromatic N) is 1. The molecule has 0 bridgehead atoms. The Morgan fingerprint density at radius 1 is 1.26 bits per heavy atom. The first-order valence-electron chi connectivity index (χ1n) is 8.67. The highest BCUT2D eigenvalue weighted by atomic mass is 35.5. The fourth-order valence-corrected chi connectivity index (χ4v) is 4.88. The van der Waals surface area contributed by atoms with Crippen LogP contribution < -0.4 is 9.62 Å². The summed E-state index contributed by atoms with van der Waals surface area (Å²) in [6.45, 7) is 3.72. The van der Waals surface area contributed by atoms with Crippen LogP contribution in [0.25, 0.3) is 0 Å². The molecule has 144 valence electrons. The van der Waals surface area contributed by atoms with E-state index in [1.165, 1.54) is 24.3 Å².